The van der Waals surface area contributed by atoms with Crippen molar-refractivity contribution in [2.24, 2.45) is 0 Å². The number of pyridine rings is 1. The molecule has 0 unspecified atom stereocenters. The summed E-state index contributed by atoms with van der Waals surface area (Å²) < 4.78 is 1.82. The Morgan fingerprint density at radius 2 is 1.77 bits per heavy atom. The highest BCUT2D eigenvalue weighted by Crippen LogP contribution is 2.29. The molecule has 0 aliphatic heterocycles. The van der Waals surface area contributed by atoms with Crippen molar-refractivity contribution in [3.8, 4) is 16.9 Å². The standard InChI is InChI=1S/C21H17N3O2/c1-14-17(13-20(25)26)21(15-7-3-2-4-8-15)23-24(14)19-11-12-22-18-10-6-5-9-16(18)19/h2-12H,13H2,1H3,(H,25,26). The number of nitrogens with zero attached hydrogens (tertiary/aromatic N) is 3. The van der Waals surface area contributed by atoms with E-state index in [0.717, 1.165) is 33.4 Å². The van der Waals surface area contributed by atoms with Crippen molar-refractivity contribution >= 4 is 16.9 Å². The minimum absolute atomic E-state index is 0.0704. The van der Waals surface area contributed by atoms with Crippen LogP contribution >= 0.6 is 0 Å². The number of fused-ring (bicyclic) bond motifs is 1. The highest BCUT2D eigenvalue weighted by atomic mass is 16.4. The molecule has 0 saturated heterocycles. The lowest BCUT2D eigenvalue weighted by Gasteiger charge is -2.08. The van der Waals surface area contributed by atoms with Crippen LogP contribution in [0.2, 0.25) is 0 Å². The van der Waals surface area contributed by atoms with Gasteiger partial charge >= 0.3 is 5.97 Å². The fourth-order valence-electron chi connectivity index (χ4n) is 3.23. The Hall–Kier alpha value is -3.47. The Balaban J connectivity index is 1.98. The monoisotopic (exact) mass is 343 g/mol. The lowest BCUT2D eigenvalue weighted by molar-refractivity contribution is -0.136. The molecule has 4 aromatic rings. The number of aromatic nitrogens is 3. The molecular formula is C21H17N3O2. The summed E-state index contributed by atoms with van der Waals surface area (Å²) in [4.78, 5) is 15.8. The molecule has 0 amide bonds. The van der Waals surface area contributed by atoms with Gasteiger partial charge in [0.1, 0.15) is 0 Å². The summed E-state index contributed by atoms with van der Waals surface area (Å²) in [6, 6.07) is 19.4. The van der Waals surface area contributed by atoms with E-state index in [4.69, 9.17) is 5.10 Å². The van der Waals surface area contributed by atoms with Gasteiger partial charge in [-0.05, 0) is 19.1 Å². The molecule has 0 fully saturated rings. The van der Waals surface area contributed by atoms with Gasteiger partial charge in [0.2, 0.25) is 0 Å². The molecule has 0 radical (unpaired) electrons. The summed E-state index contributed by atoms with van der Waals surface area (Å²) >= 11 is 0. The molecule has 0 aliphatic carbocycles. The fraction of sp³-hybridized carbons (Fsp3) is 0.0952. The summed E-state index contributed by atoms with van der Waals surface area (Å²) in [6.45, 7) is 1.91. The third kappa shape index (κ3) is 2.73. The van der Waals surface area contributed by atoms with Crippen LogP contribution in [0.3, 0.4) is 0 Å². The van der Waals surface area contributed by atoms with Crippen LogP contribution < -0.4 is 0 Å². The Morgan fingerprint density at radius 3 is 2.54 bits per heavy atom. The zero-order chi connectivity index (χ0) is 18.1. The first-order valence-corrected chi connectivity index (χ1v) is 8.35. The summed E-state index contributed by atoms with van der Waals surface area (Å²) in [7, 11) is 0. The number of aliphatic carboxylic acids is 1. The van der Waals surface area contributed by atoms with Crippen LogP contribution in [0.5, 0.6) is 0 Å². The van der Waals surface area contributed by atoms with Crippen molar-refractivity contribution in [1.82, 2.24) is 14.8 Å². The van der Waals surface area contributed by atoms with E-state index in [1.165, 1.54) is 0 Å². The summed E-state index contributed by atoms with van der Waals surface area (Å²) in [5.74, 6) is -0.871. The van der Waals surface area contributed by atoms with E-state index >= 15 is 0 Å². The number of benzene rings is 2. The Labute approximate surface area is 150 Å². The van der Waals surface area contributed by atoms with E-state index < -0.39 is 5.97 Å². The smallest absolute Gasteiger partial charge is 0.307 e. The predicted molar refractivity (Wildman–Crippen MR) is 100 cm³/mol. The molecule has 0 spiro atoms. The van der Waals surface area contributed by atoms with Crippen molar-refractivity contribution in [1.29, 1.82) is 0 Å². The van der Waals surface area contributed by atoms with Crippen LogP contribution in [0.1, 0.15) is 11.3 Å². The van der Waals surface area contributed by atoms with Crippen molar-refractivity contribution in [2.75, 3.05) is 0 Å². The van der Waals surface area contributed by atoms with Gasteiger partial charge in [-0.15, -0.1) is 0 Å². The number of carboxylic acid groups (broad SMARTS) is 1. The molecule has 26 heavy (non-hydrogen) atoms. The zero-order valence-corrected chi connectivity index (χ0v) is 14.3. The molecule has 128 valence electrons. The van der Waals surface area contributed by atoms with Gasteiger partial charge in [-0.25, -0.2) is 4.68 Å². The van der Waals surface area contributed by atoms with E-state index in [0.29, 0.717) is 5.69 Å². The topological polar surface area (TPSA) is 68.0 Å². The molecule has 5 nitrogen and oxygen atoms in total. The molecule has 0 atom stereocenters. The van der Waals surface area contributed by atoms with Gasteiger partial charge in [-0.2, -0.15) is 5.10 Å². The SMILES string of the molecule is Cc1c(CC(=O)O)c(-c2ccccc2)nn1-c1ccnc2ccccc12. The minimum Gasteiger partial charge on any atom is -0.481 e. The first-order chi connectivity index (χ1) is 12.6. The number of rotatable bonds is 4. The second-order valence-electron chi connectivity index (χ2n) is 6.11. The summed E-state index contributed by atoms with van der Waals surface area (Å²) in [5, 5.41) is 15.1. The van der Waals surface area contributed by atoms with Gasteiger partial charge in [0, 0.05) is 28.4 Å². The third-order valence-electron chi connectivity index (χ3n) is 4.47. The third-order valence-corrected chi connectivity index (χ3v) is 4.47. The largest absolute Gasteiger partial charge is 0.481 e. The average molecular weight is 343 g/mol. The summed E-state index contributed by atoms with van der Waals surface area (Å²) in [5.41, 5.74) is 4.92. The normalized spacial score (nSPS) is 11.0. The van der Waals surface area contributed by atoms with Crippen molar-refractivity contribution in [2.45, 2.75) is 13.3 Å². The molecule has 2 aromatic carbocycles. The molecule has 2 aromatic heterocycles. The summed E-state index contributed by atoms with van der Waals surface area (Å²) in [6.07, 6.45) is 1.68. The quantitative estimate of drug-likeness (QED) is 0.607. The average Bonchev–Trinajstić information content (AvgIpc) is 2.98. The molecule has 5 heteroatoms. The molecular weight excluding hydrogens is 326 g/mol. The Morgan fingerprint density at radius 1 is 1.04 bits per heavy atom. The van der Waals surface area contributed by atoms with E-state index in [2.05, 4.69) is 4.98 Å². The van der Waals surface area contributed by atoms with E-state index in [1.54, 1.807) is 6.20 Å². The first kappa shape index (κ1) is 16.0. The van der Waals surface area contributed by atoms with Gasteiger partial charge in [-0.1, -0.05) is 48.5 Å². The molecule has 4 rings (SSSR count). The molecule has 0 bridgehead atoms. The van der Waals surface area contributed by atoms with Crippen LogP contribution in [0.15, 0.2) is 66.9 Å². The van der Waals surface area contributed by atoms with Crippen LogP contribution in [0, 0.1) is 6.92 Å². The molecule has 2 heterocycles. The minimum atomic E-state index is -0.871. The number of carboxylic acids is 1. The van der Waals surface area contributed by atoms with Gasteiger partial charge in [0.25, 0.3) is 0 Å². The van der Waals surface area contributed by atoms with Gasteiger partial charge < -0.3 is 5.11 Å². The lowest BCUT2D eigenvalue weighted by atomic mass is 10.0. The van der Waals surface area contributed by atoms with Crippen molar-refractivity contribution < 1.29 is 9.90 Å². The second kappa shape index (κ2) is 6.44. The predicted octanol–water partition coefficient (Wildman–Crippen LogP) is 4.02. The number of hydrogen-bond donors (Lipinski definition) is 1. The lowest BCUT2D eigenvalue weighted by Crippen LogP contribution is -2.04. The molecule has 1 N–H and O–H groups in total. The van der Waals surface area contributed by atoms with Crippen molar-refractivity contribution in [3.05, 3.63) is 78.1 Å². The highest BCUT2D eigenvalue weighted by Gasteiger charge is 2.20. The molecule has 0 aliphatic rings. The van der Waals surface area contributed by atoms with Crippen LogP contribution in [-0.4, -0.2) is 25.8 Å². The van der Waals surface area contributed by atoms with Crippen molar-refractivity contribution in [3.63, 3.8) is 0 Å². The van der Waals surface area contributed by atoms with Crippen LogP contribution in [0.4, 0.5) is 0 Å². The maximum absolute atomic E-state index is 11.4. The van der Waals surface area contributed by atoms with Gasteiger partial charge in [0.05, 0.1) is 23.3 Å². The van der Waals surface area contributed by atoms with Gasteiger partial charge in [-0.3, -0.25) is 9.78 Å². The number of hydrogen-bond acceptors (Lipinski definition) is 3. The maximum Gasteiger partial charge on any atom is 0.307 e. The Kier molecular flexibility index (Phi) is 3.97. The fourth-order valence-corrected chi connectivity index (χ4v) is 3.23. The zero-order valence-electron chi connectivity index (χ0n) is 14.3. The van der Waals surface area contributed by atoms with E-state index in [-0.39, 0.29) is 6.42 Å². The van der Waals surface area contributed by atoms with E-state index in [1.807, 2.05) is 72.3 Å². The van der Waals surface area contributed by atoms with Crippen LogP contribution in [-0.2, 0) is 11.2 Å². The van der Waals surface area contributed by atoms with E-state index in [9.17, 15) is 9.90 Å². The maximum atomic E-state index is 11.4. The highest BCUT2D eigenvalue weighted by molar-refractivity contribution is 5.87. The van der Waals surface area contributed by atoms with Gasteiger partial charge in [0.15, 0.2) is 0 Å². The second-order valence-corrected chi connectivity index (χ2v) is 6.11. The number of para-hydroxylation sites is 1. The number of carbonyl (C=O) groups is 1. The molecule has 0 saturated carbocycles. The Bertz CT molecular complexity index is 1100. The first-order valence-electron chi connectivity index (χ1n) is 8.35. The van der Waals surface area contributed by atoms with Crippen LogP contribution in [0.25, 0.3) is 27.8 Å².